The highest BCUT2D eigenvalue weighted by Crippen LogP contribution is 2.21. The Kier molecular flexibility index (Phi) is 6.85. The molecule has 0 aliphatic carbocycles. The first-order valence-electron chi connectivity index (χ1n) is 10.9. The quantitative estimate of drug-likeness (QED) is 0.613. The molecule has 1 saturated heterocycles. The number of likely N-dealkylation sites (tertiary alicyclic amines) is 1. The zero-order valence-electron chi connectivity index (χ0n) is 18.0. The highest BCUT2D eigenvalue weighted by molar-refractivity contribution is 5.94. The maximum absolute atomic E-state index is 12.6. The molecule has 3 aromatic rings. The molecule has 162 valence electrons. The Morgan fingerprint density at radius 2 is 1.77 bits per heavy atom. The van der Waals surface area contributed by atoms with E-state index in [1.807, 2.05) is 18.2 Å². The Bertz CT molecular complexity index is 1040. The number of nitrogens with zero attached hydrogens (tertiary/aromatic N) is 1. The maximum atomic E-state index is 12.6. The van der Waals surface area contributed by atoms with Crippen LogP contribution in [0.15, 0.2) is 60.7 Å². The summed E-state index contributed by atoms with van der Waals surface area (Å²) in [6, 6.07) is 20.5. The molecule has 31 heavy (non-hydrogen) atoms. The molecule has 0 radical (unpaired) electrons. The molecule has 1 amide bonds. The van der Waals surface area contributed by atoms with E-state index in [9.17, 15) is 9.90 Å². The van der Waals surface area contributed by atoms with Gasteiger partial charge in [0.05, 0.1) is 7.11 Å². The van der Waals surface area contributed by atoms with Crippen molar-refractivity contribution in [2.75, 3.05) is 26.8 Å². The summed E-state index contributed by atoms with van der Waals surface area (Å²) >= 11 is 0. The van der Waals surface area contributed by atoms with Gasteiger partial charge in [-0.3, -0.25) is 9.69 Å². The number of carbonyl (C=O) groups excluding carboxylic acids is 1. The van der Waals surface area contributed by atoms with Crippen LogP contribution >= 0.6 is 0 Å². The van der Waals surface area contributed by atoms with Crippen LogP contribution in [0, 0.1) is 0 Å². The third-order valence-corrected chi connectivity index (χ3v) is 6.03. The van der Waals surface area contributed by atoms with Crippen LogP contribution in [-0.4, -0.2) is 48.8 Å². The molecular formula is C26H30N2O3. The number of carbonyl (C=O) groups is 1. The molecule has 1 aliphatic rings. The van der Waals surface area contributed by atoms with Gasteiger partial charge in [0.2, 0.25) is 0 Å². The summed E-state index contributed by atoms with van der Waals surface area (Å²) in [5, 5.41) is 14.8. The predicted molar refractivity (Wildman–Crippen MR) is 123 cm³/mol. The Labute approximate surface area is 183 Å². The lowest BCUT2D eigenvalue weighted by molar-refractivity contribution is 0.0908. The van der Waals surface area contributed by atoms with E-state index in [1.165, 1.54) is 21.9 Å². The van der Waals surface area contributed by atoms with Gasteiger partial charge in [-0.25, -0.2) is 0 Å². The average Bonchev–Trinajstić information content (AvgIpc) is 2.80. The molecule has 0 saturated carbocycles. The zero-order valence-corrected chi connectivity index (χ0v) is 18.0. The summed E-state index contributed by atoms with van der Waals surface area (Å²) in [4.78, 5) is 15.0. The van der Waals surface area contributed by atoms with Gasteiger partial charge < -0.3 is 15.2 Å². The zero-order chi connectivity index (χ0) is 21.6. The number of fused-ring (bicyclic) bond motifs is 1. The van der Waals surface area contributed by atoms with E-state index in [1.54, 1.807) is 13.2 Å². The van der Waals surface area contributed by atoms with Crippen LogP contribution in [0.4, 0.5) is 0 Å². The van der Waals surface area contributed by atoms with Gasteiger partial charge in [-0.15, -0.1) is 0 Å². The summed E-state index contributed by atoms with van der Waals surface area (Å²) in [6.07, 6.45) is 2.59. The summed E-state index contributed by atoms with van der Waals surface area (Å²) in [5.41, 5.74) is 3.10. The first kappa shape index (κ1) is 21.3. The fourth-order valence-corrected chi connectivity index (χ4v) is 4.26. The van der Waals surface area contributed by atoms with E-state index in [2.05, 4.69) is 46.6 Å². The lowest BCUT2D eigenvalue weighted by Gasteiger charge is -2.32. The van der Waals surface area contributed by atoms with E-state index in [4.69, 9.17) is 4.74 Å². The number of hydrogen-bond acceptors (Lipinski definition) is 4. The van der Waals surface area contributed by atoms with Gasteiger partial charge in [0.15, 0.2) is 0 Å². The van der Waals surface area contributed by atoms with E-state index in [0.29, 0.717) is 17.7 Å². The van der Waals surface area contributed by atoms with Crippen molar-refractivity contribution in [2.45, 2.75) is 31.8 Å². The minimum atomic E-state index is -0.0365. The van der Waals surface area contributed by atoms with Gasteiger partial charge in [-0.1, -0.05) is 36.4 Å². The summed E-state index contributed by atoms with van der Waals surface area (Å²) in [5.74, 6) is 0.659. The largest absolute Gasteiger partial charge is 0.497 e. The molecule has 5 heteroatoms. The minimum absolute atomic E-state index is 0.0365. The Hall–Kier alpha value is -2.89. The number of ether oxygens (including phenoxy) is 1. The van der Waals surface area contributed by atoms with Gasteiger partial charge in [0.25, 0.3) is 5.91 Å². The number of rotatable bonds is 7. The number of methoxy groups -OCH3 is 1. The second kappa shape index (κ2) is 9.94. The Balaban J connectivity index is 1.32. The maximum Gasteiger partial charge on any atom is 0.251 e. The molecule has 0 aromatic heterocycles. The molecule has 5 nitrogen and oxygen atoms in total. The summed E-state index contributed by atoms with van der Waals surface area (Å²) in [7, 11) is 1.61. The number of piperidine rings is 1. The van der Waals surface area contributed by atoms with E-state index < -0.39 is 0 Å². The van der Waals surface area contributed by atoms with Crippen molar-refractivity contribution >= 4 is 16.7 Å². The standard InChI is InChI=1S/C26H30N2O3/c1-31-25-4-2-3-22(17-25)26(30)27-24-9-12-28(13-10-24)18-20-6-8-21-7-5-19(11-14-29)15-23(21)16-20/h2-8,15-17,24,29H,9-14,18H2,1H3,(H,27,30). The lowest BCUT2D eigenvalue weighted by Crippen LogP contribution is -2.44. The minimum Gasteiger partial charge on any atom is -0.497 e. The first-order valence-corrected chi connectivity index (χ1v) is 10.9. The molecule has 1 fully saturated rings. The van der Waals surface area contributed by atoms with Crippen LogP contribution in [0.25, 0.3) is 10.8 Å². The average molecular weight is 419 g/mol. The molecule has 2 N–H and O–H groups in total. The third-order valence-electron chi connectivity index (χ3n) is 6.03. The molecule has 1 aliphatic heterocycles. The van der Waals surface area contributed by atoms with Gasteiger partial charge in [-0.2, -0.15) is 0 Å². The van der Waals surface area contributed by atoms with Gasteiger partial charge in [0.1, 0.15) is 5.75 Å². The highest BCUT2D eigenvalue weighted by Gasteiger charge is 2.21. The van der Waals surface area contributed by atoms with E-state index in [0.717, 1.165) is 32.5 Å². The van der Waals surface area contributed by atoms with E-state index >= 15 is 0 Å². The molecule has 3 aromatic carbocycles. The van der Waals surface area contributed by atoms with Gasteiger partial charge in [0, 0.05) is 37.8 Å². The van der Waals surface area contributed by atoms with Gasteiger partial charge in [-0.05, 0) is 65.4 Å². The van der Waals surface area contributed by atoms with Gasteiger partial charge >= 0.3 is 0 Å². The summed E-state index contributed by atoms with van der Waals surface area (Å²) in [6.45, 7) is 3.02. The Morgan fingerprint density at radius 1 is 1.03 bits per heavy atom. The second-order valence-corrected chi connectivity index (χ2v) is 8.25. The fourth-order valence-electron chi connectivity index (χ4n) is 4.26. The van der Waals surface area contributed by atoms with E-state index in [-0.39, 0.29) is 18.6 Å². The molecule has 0 unspecified atom stereocenters. The molecule has 0 spiro atoms. The van der Waals surface area contributed by atoms with Crippen molar-refractivity contribution in [1.82, 2.24) is 10.2 Å². The molecule has 0 atom stereocenters. The molecule has 0 bridgehead atoms. The topological polar surface area (TPSA) is 61.8 Å². The van der Waals surface area contributed by atoms with Crippen LogP contribution < -0.4 is 10.1 Å². The third kappa shape index (κ3) is 5.43. The number of aliphatic hydroxyl groups excluding tert-OH is 1. The molecule has 4 rings (SSSR count). The van der Waals surface area contributed by atoms with Crippen molar-refractivity contribution in [1.29, 1.82) is 0 Å². The number of nitrogens with one attached hydrogen (secondary N) is 1. The smallest absolute Gasteiger partial charge is 0.251 e. The lowest BCUT2D eigenvalue weighted by atomic mass is 10.0. The number of benzene rings is 3. The summed E-state index contributed by atoms with van der Waals surface area (Å²) < 4.78 is 5.21. The van der Waals surface area contributed by atoms with Crippen molar-refractivity contribution in [3.05, 3.63) is 77.4 Å². The second-order valence-electron chi connectivity index (χ2n) is 8.25. The SMILES string of the molecule is COc1cccc(C(=O)NC2CCN(Cc3ccc4ccc(CCO)cc4c3)CC2)c1. The van der Waals surface area contributed by atoms with Crippen molar-refractivity contribution < 1.29 is 14.6 Å². The number of aliphatic hydroxyl groups is 1. The molecule has 1 heterocycles. The predicted octanol–water partition coefficient (Wildman–Crippen LogP) is 3.78. The highest BCUT2D eigenvalue weighted by atomic mass is 16.5. The van der Waals surface area contributed by atoms with Crippen LogP contribution in [-0.2, 0) is 13.0 Å². The van der Waals surface area contributed by atoms with Crippen molar-refractivity contribution in [2.24, 2.45) is 0 Å². The monoisotopic (exact) mass is 418 g/mol. The van der Waals surface area contributed by atoms with Crippen molar-refractivity contribution in [3.8, 4) is 5.75 Å². The fraction of sp³-hybridized carbons (Fsp3) is 0.346. The van der Waals surface area contributed by atoms with Crippen LogP contribution in [0.5, 0.6) is 5.75 Å². The van der Waals surface area contributed by atoms with Crippen LogP contribution in [0.1, 0.15) is 34.3 Å². The normalized spacial score (nSPS) is 15.2. The van der Waals surface area contributed by atoms with Crippen LogP contribution in [0.2, 0.25) is 0 Å². The molecular weight excluding hydrogens is 388 g/mol. The number of amides is 1. The number of hydrogen-bond donors (Lipinski definition) is 2. The Morgan fingerprint density at radius 3 is 2.52 bits per heavy atom. The van der Waals surface area contributed by atoms with Crippen LogP contribution in [0.3, 0.4) is 0 Å². The van der Waals surface area contributed by atoms with Crippen molar-refractivity contribution in [3.63, 3.8) is 0 Å². The first-order chi connectivity index (χ1) is 15.1.